The van der Waals surface area contributed by atoms with Crippen LogP contribution in [0.25, 0.3) is 0 Å². The van der Waals surface area contributed by atoms with Gasteiger partial charge in [-0.25, -0.2) is 0 Å². The minimum absolute atomic E-state index is 0.136. The lowest BCUT2D eigenvalue weighted by Gasteiger charge is -2.19. The molecule has 0 aromatic heterocycles. The monoisotopic (exact) mass is 270 g/mol. The van der Waals surface area contributed by atoms with Gasteiger partial charge in [-0.15, -0.1) is 0 Å². The number of ketones is 1. The molecule has 0 heterocycles. The third-order valence-corrected chi connectivity index (χ3v) is 3.04. The summed E-state index contributed by atoms with van der Waals surface area (Å²) in [7, 11) is 0. The Morgan fingerprint density at radius 3 is 2.73 bits per heavy atom. The Morgan fingerprint density at radius 1 is 1.53 bits per heavy atom. The lowest BCUT2D eigenvalue weighted by Crippen LogP contribution is -2.35. The number of Topliss-reactive ketones (excluding diaryl/α,β-unsaturated/α-hetero) is 1. The minimum atomic E-state index is -1.21. The van der Waals surface area contributed by atoms with Crippen LogP contribution in [0.15, 0.2) is 28.7 Å². The third-order valence-electron chi connectivity index (χ3n) is 2.54. The van der Waals surface area contributed by atoms with Gasteiger partial charge in [0.05, 0.1) is 0 Å². The third kappa shape index (κ3) is 3.43. The normalized spacial score (nSPS) is 14.7. The summed E-state index contributed by atoms with van der Waals surface area (Å²) in [5, 5.41) is 9.76. The molecule has 1 N–H and O–H groups in total. The number of rotatable bonds is 4. The van der Waals surface area contributed by atoms with E-state index in [1.165, 1.54) is 0 Å². The van der Waals surface area contributed by atoms with Crippen molar-refractivity contribution in [3.63, 3.8) is 0 Å². The number of halogens is 1. The smallest absolute Gasteiger partial charge is 0.168 e. The number of hydrogen-bond donors (Lipinski definition) is 1. The van der Waals surface area contributed by atoms with Gasteiger partial charge in [-0.05, 0) is 31.0 Å². The van der Waals surface area contributed by atoms with Crippen LogP contribution in [0.4, 0.5) is 0 Å². The van der Waals surface area contributed by atoms with E-state index in [-0.39, 0.29) is 12.2 Å². The highest BCUT2D eigenvalue weighted by Gasteiger charge is 2.27. The fourth-order valence-corrected chi connectivity index (χ4v) is 1.67. The Balaban J connectivity index is 2.75. The molecule has 1 rings (SSSR count). The molecule has 0 aliphatic heterocycles. The summed E-state index contributed by atoms with van der Waals surface area (Å²) in [6, 6.07) is 7.57. The quantitative estimate of drug-likeness (QED) is 0.914. The van der Waals surface area contributed by atoms with Gasteiger partial charge < -0.3 is 5.11 Å². The Kier molecular flexibility index (Phi) is 4.05. The van der Waals surface area contributed by atoms with Crippen molar-refractivity contribution in [2.45, 2.75) is 32.3 Å². The molecule has 1 aromatic carbocycles. The summed E-state index contributed by atoms with van der Waals surface area (Å²) in [6.45, 7) is 3.37. The molecule has 1 aromatic rings. The van der Waals surface area contributed by atoms with Gasteiger partial charge in [0.15, 0.2) is 5.78 Å². The first-order valence-corrected chi connectivity index (χ1v) is 5.75. The molecule has 1 unspecified atom stereocenters. The van der Waals surface area contributed by atoms with E-state index in [9.17, 15) is 9.90 Å². The van der Waals surface area contributed by atoms with Gasteiger partial charge in [-0.2, -0.15) is 0 Å². The standard InChI is InChI=1S/C12H15BrO2/c1-3-12(2,15)11(14)8-9-5-4-6-10(13)7-9/h4-7,15H,3,8H2,1-2H3. The van der Waals surface area contributed by atoms with Gasteiger partial charge in [0, 0.05) is 10.9 Å². The molecule has 0 aliphatic rings. The van der Waals surface area contributed by atoms with Gasteiger partial charge in [0.2, 0.25) is 0 Å². The number of carbonyl (C=O) groups is 1. The molecule has 0 fully saturated rings. The fraction of sp³-hybridized carbons (Fsp3) is 0.417. The summed E-state index contributed by atoms with van der Waals surface area (Å²) < 4.78 is 0.948. The lowest BCUT2D eigenvalue weighted by atomic mass is 9.93. The molecule has 0 amide bonds. The SMILES string of the molecule is CCC(C)(O)C(=O)Cc1cccc(Br)c1. The van der Waals surface area contributed by atoms with Gasteiger partial charge in [-0.1, -0.05) is 35.0 Å². The highest BCUT2D eigenvalue weighted by molar-refractivity contribution is 9.10. The van der Waals surface area contributed by atoms with Gasteiger partial charge in [0.1, 0.15) is 5.60 Å². The summed E-state index contributed by atoms with van der Waals surface area (Å²) in [5.41, 5.74) is -0.286. The summed E-state index contributed by atoms with van der Waals surface area (Å²) in [5.74, 6) is -0.136. The van der Waals surface area contributed by atoms with Crippen molar-refractivity contribution in [2.24, 2.45) is 0 Å². The number of aliphatic hydroxyl groups is 1. The first kappa shape index (κ1) is 12.4. The molecule has 0 saturated heterocycles. The Labute approximate surface area is 98.4 Å². The van der Waals surface area contributed by atoms with E-state index < -0.39 is 5.60 Å². The predicted molar refractivity (Wildman–Crippen MR) is 63.8 cm³/mol. The van der Waals surface area contributed by atoms with Crippen molar-refractivity contribution >= 4 is 21.7 Å². The van der Waals surface area contributed by atoms with Gasteiger partial charge in [0.25, 0.3) is 0 Å². The highest BCUT2D eigenvalue weighted by atomic mass is 79.9. The molecule has 0 spiro atoms. The van der Waals surface area contributed by atoms with Crippen molar-refractivity contribution in [1.29, 1.82) is 0 Å². The molecule has 0 radical (unpaired) electrons. The Bertz CT molecular complexity index is 358. The fourth-order valence-electron chi connectivity index (χ4n) is 1.22. The van der Waals surface area contributed by atoms with Crippen LogP contribution in [0.1, 0.15) is 25.8 Å². The summed E-state index contributed by atoms with van der Waals surface area (Å²) in [4.78, 5) is 11.7. The van der Waals surface area contributed by atoms with Crippen molar-refractivity contribution in [2.75, 3.05) is 0 Å². The van der Waals surface area contributed by atoms with Crippen molar-refractivity contribution in [3.05, 3.63) is 34.3 Å². The molecule has 3 heteroatoms. The second kappa shape index (κ2) is 4.90. The Morgan fingerprint density at radius 2 is 2.20 bits per heavy atom. The number of benzene rings is 1. The zero-order chi connectivity index (χ0) is 11.5. The van der Waals surface area contributed by atoms with E-state index in [4.69, 9.17) is 0 Å². The first-order valence-electron chi connectivity index (χ1n) is 4.96. The van der Waals surface area contributed by atoms with Gasteiger partial charge in [-0.3, -0.25) is 4.79 Å². The predicted octanol–water partition coefficient (Wildman–Crippen LogP) is 2.72. The maximum Gasteiger partial charge on any atom is 0.168 e. The van der Waals surface area contributed by atoms with Crippen molar-refractivity contribution < 1.29 is 9.90 Å². The highest BCUT2D eigenvalue weighted by Crippen LogP contribution is 2.16. The van der Waals surface area contributed by atoms with Crippen LogP contribution in [-0.2, 0) is 11.2 Å². The molecule has 0 saturated carbocycles. The van der Waals surface area contributed by atoms with Gasteiger partial charge >= 0.3 is 0 Å². The molecule has 15 heavy (non-hydrogen) atoms. The zero-order valence-corrected chi connectivity index (χ0v) is 10.5. The average Bonchev–Trinajstić information content (AvgIpc) is 2.17. The van der Waals surface area contributed by atoms with E-state index >= 15 is 0 Å². The molecular weight excluding hydrogens is 256 g/mol. The van der Waals surface area contributed by atoms with Crippen molar-refractivity contribution in [3.8, 4) is 0 Å². The van der Waals surface area contributed by atoms with Crippen molar-refractivity contribution in [1.82, 2.24) is 0 Å². The maximum absolute atomic E-state index is 11.7. The average molecular weight is 271 g/mol. The van der Waals surface area contributed by atoms with Crippen LogP contribution in [0.2, 0.25) is 0 Å². The maximum atomic E-state index is 11.7. The topological polar surface area (TPSA) is 37.3 Å². The van der Waals surface area contributed by atoms with Crippen LogP contribution < -0.4 is 0 Å². The van der Waals surface area contributed by atoms with Crippen LogP contribution in [0.3, 0.4) is 0 Å². The summed E-state index contributed by atoms with van der Waals surface area (Å²) in [6.07, 6.45) is 0.722. The van der Waals surface area contributed by atoms with E-state index in [1.54, 1.807) is 13.8 Å². The van der Waals surface area contributed by atoms with E-state index in [0.717, 1.165) is 10.0 Å². The molecular formula is C12H15BrO2. The van der Waals surface area contributed by atoms with Crippen LogP contribution in [0.5, 0.6) is 0 Å². The van der Waals surface area contributed by atoms with Crippen LogP contribution >= 0.6 is 15.9 Å². The Hall–Kier alpha value is -0.670. The summed E-state index contributed by atoms with van der Waals surface area (Å²) >= 11 is 3.35. The van der Waals surface area contributed by atoms with E-state index in [1.807, 2.05) is 24.3 Å². The molecule has 0 bridgehead atoms. The lowest BCUT2D eigenvalue weighted by molar-refractivity contribution is -0.135. The van der Waals surface area contributed by atoms with Crippen LogP contribution in [0, 0.1) is 0 Å². The first-order chi connectivity index (χ1) is 6.95. The van der Waals surface area contributed by atoms with Crippen LogP contribution in [-0.4, -0.2) is 16.5 Å². The molecule has 82 valence electrons. The largest absolute Gasteiger partial charge is 0.382 e. The number of carbonyl (C=O) groups excluding carboxylic acids is 1. The zero-order valence-electron chi connectivity index (χ0n) is 8.96. The molecule has 2 nitrogen and oxygen atoms in total. The second-order valence-corrected chi connectivity index (χ2v) is 4.77. The molecule has 1 atom stereocenters. The minimum Gasteiger partial charge on any atom is -0.382 e. The molecule has 0 aliphatic carbocycles. The second-order valence-electron chi connectivity index (χ2n) is 3.86. The van der Waals surface area contributed by atoms with E-state index in [2.05, 4.69) is 15.9 Å². The van der Waals surface area contributed by atoms with E-state index in [0.29, 0.717) is 6.42 Å². The number of hydrogen-bond acceptors (Lipinski definition) is 2.